The van der Waals surface area contributed by atoms with Crippen molar-refractivity contribution in [2.45, 2.75) is 45.7 Å². The number of nitrogens with one attached hydrogen (secondary N) is 2. The fraction of sp³-hybridized carbons (Fsp3) is 0.650. The number of ether oxygens (including phenoxy) is 1. The van der Waals surface area contributed by atoms with Crippen molar-refractivity contribution in [2.75, 3.05) is 34.3 Å². The molecule has 1 aromatic carbocycles. The third-order valence-electron chi connectivity index (χ3n) is 4.96. The summed E-state index contributed by atoms with van der Waals surface area (Å²) in [7, 11) is 5.99. The molecule has 148 valence electrons. The van der Waals surface area contributed by atoms with Crippen LogP contribution in [-0.2, 0) is 6.54 Å². The normalized spacial score (nSPS) is 14.8. The molecule has 5 nitrogen and oxygen atoms in total. The van der Waals surface area contributed by atoms with Crippen LogP contribution in [0, 0.1) is 12.8 Å². The van der Waals surface area contributed by atoms with Gasteiger partial charge in [0.25, 0.3) is 0 Å². The number of aryl methyl sites for hydroxylation is 1. The summed E-state index contributed by atoms with van der Waals surface area (Å²) in [5, 5.41) is 6.81. The number of hydrogen-bond acceptors (Lipinski definition) is 3. The van der Waals surface area contributed by atoms with Crippen LogP contribution in [0.1, 0.15) is 37.8 Å². The van der Waals surface area contributed by atoms with Crippen molar-refractivity contribution < 1.29 is 4.74 Å². The standard InChI is InChI=1S/C20H34N4O.HI/c1-15-7-10-17(18(11-15)25-13-16-8-9-16)12-22-19(21-4)23-14-20(2,3)24(5)6;/h7,10-11,16H,8-9,12-14H2,1-6H3,(H2,21,22,23);1H. The summed E-state index contributed by atoms with van der Waals surface area (Å²) in [6.07, 6.45) is 2.61. The molecule has 26 heavy (non-hydrogen) atoms. The molecule has 1 aromatic rings. The van der Waals surface area contributed by atoms with Crippen LogP contribution in [0.5, 0.6) is 5.75 Å². The fourth-order valence-electron chi connectivity index (χ4n) is 2.29. The van der Waals surface area contributed by atoms with Gasteiger partial charge in [-0.15, -0.1) is 24.0 Å². The highest BCUT2D eigenvalue weighted by Gasteiger charge is 2.23. The van der Waals surface area contributed by atoms with Crippen molar-refractivity contribution in [3.8, 4) is 5.75 Å². The molecule has 0 radical (unpaired) electrons. The van der Waals surface area contributed by atoms with E-state index in [2.05, 4.69) is 73.6 Å². The van der Waals surface area contributed by atoms with Crippen LogP contribution in [0.15, 0.2) is 23.2 Å². The fourth-order valence-corrected chi connectivity index (χ4v) is 2.29. The van der Waals surface area contributed by atoms with Gasteiger partial charge in [-0.25, -0.2) is 0 Å². The zero-order valence-electron chi connectivity index (χ0n) is 17.1. The Morgan fingerprint density at radius 3 is 2.54 bits per heavy atom. The molecule has 0 atom stereocenters. The first-order valence-electron chi connectivity index (χ1n) is 9.16. The number of hydrogen-bond donors (Lipinski definition) is 2. The first-order chi connectivity index (χ1) is 11.8. The maximum absolute atomic E-state index is 6.05. The van der Waals surface area contributed by atoms with Gasteiger partial charge in [0.2, 0.25) is 0 Å². The SMILES string of the molecule is CN=C(NCc1ccc(C)cc1OCC1CC1)NCC(C)(C)N(C)C.I. The third-order valence-corrected chi connectivity index (χ3v) is 4.96. The summed E-state index contributed by atoms with van der Waals surface area (Å²) in [5.74, 6) is 2.55. The smallest absolute Gasteiger partial charge is 0.191 e. The summed E-state index contributed by atoms with van der Waals surface area (Å²) >= 11 is 0. The minimum absolute atomic E-state index is 0. The van der Waals surface area contributed by atoms with E-state index in [1.54, 1.807) is 7.05 Å². The summed E-state index contributed by atoms with van der Waals surface area (Å²) in [6, 6.07) is 6.40. The van der Waals surface area contributed by atoms with E-state index in [9.17, 15) is 0 Å². The Morgan fingerprint density at radius 1 is 1.27 bits per heavy atom. The van der Waals surface area contributed by atoms with Crippen LogP contribution < -0.4 is 15.4 Å². The van der Waals surface area contributed by atoms with Crippen LogP contribution in [0.2, 0.25) is 0 Å². The average molecular weight is 474 g/mol. The molecule has 0 aromatic heterocycles. The summed E-state index contributed by atoms with van der Waals surface area (Å²) < 4.78 is 6.05. The first kappa shape index (κ1) is 23.0. The highest BCUT2D eigenvalue weighted by Crippen LogP contribution is 2.30. The molecule has 0 bridgehead atoms. The molecule has 0 amide bonds. The van der Waals surface area contributed by atoms with E-state index in [1.807, 2.05) is 0 Å². The summed E-state index contributed by atoms with van der Waals surface area (Å²) in [5.41, 5.74) is 2.45. The molecule has 2 N–H and O–H groups in total. The lowest BCUT2D eigenvalue weighted by molar-refractivity contribution is 0.197. The summed E-state index contributed by atoms with van der Waals surface area (Å²) in [6.45, 7) is 8.86. The molecule has 1 aliphatic carbocycles. The van der Waals surface area contributed by atoms with Gasteiger partial charge < -0.3 is 20.3 Å². The average Bonchev–Trinajstić information content (AvgIpc) is 3.38. The van der Waals surface area contributed by atoms with E-state index >= 15 is 0 Å². The van der Waals surface area contributed by atoms with Gasteiger partial charge in [-0.2, -0.15) is 0 Å². The first-order valence-corrected chi connectivity index (χ1v) is 9.16. The third kappa shape index (κ3) is 7.31. The van der Waals surface area contributed by atoms with Gasteiger partial charge in [-0.3, -0.25) is 4.99 Å². The van der Waals surface area contributed by atoms with Crippen molar-refractivity contribution in [3.05, 3.63) is 29.3 Å². The van der Waals surface area contributed by atoms with Crippen molar-refractivity contribution >= 4 is 29.9 Å². The topological polar surface area (TPSA) is 48.9 Å². The van der Waals surface area contributed by atoms with E-state index in [0.717, 1.165) is 30.8 Å². The van der Waals surface area contributed by atoms with Crippen molar-refractivity contribution in [1.82, 2.24) is 15.5 Å². The van der Waals surface area contributed by atoms with E-state index in [-0.39, 0.29) is 29.5 Å². The summed E-state index contributed by atoms with van der Waals surface area (Å²) in [4.78, 5) is 6.54. The van der Waals surface area contributed by atoms with Gasteiger partial charge in [0.1, 0.15) is 5.75 Å². The van der Waals surface area contributed by atoms with E-state index < -0.39 is 0 Å². The van der Waals surface area contributed by atoms with Crippen LogP contribution in [0.4, 0.5) is 0 Å². The Balaban J connectivity index is 0.00000338. The molecule has 1 fully saturated rings. The van der Waals surface area contributed by atoms with Gasteiger partial charge in [0.05, 0.1) is 6.61 Å². The van der Waals surface area contributed by atoms with Gasteiger partial charge >= 0.3 is 0 Å². The molecule has 0 spiro atoms. The van der Waals surface area contributed by atoms with Gasteiger partial charge in [-0.1, -0.05) is 12.1 Å². The maximum atomic E-state index is 6.05. The molecule has 0 heterocycles. The number of aliphatic imine (C=N–C) groups is 1. The van der Waals surface area contributed by atoms with E-state index in [1.165, 1.54) is 24.0 Å². The molecule has 6 heteroatoms. The molecular weight excluding hydrogens is 439 g/mol. The molecule has 0 aliphatic heterocycles. The molecule has 1 saturated carbocycles. The number of likely N-dealkylation sites (N-methyl/N-ethyl adjacent to an activating group) is 1. The predicted octanol–water partition coefficient (Wildman–Crippen LogP) is 3.41. The van der Waals surface area contributed by atoms with Crippen LogP contribution >= 0.6 is 24.0 Å². The van der Waals surface area contributed by atoms with E-state index in [0.29, 0.717) is 6.54 Å². The highest BCUT2D eigenvalue weighted by atomic mass is 127. The number of guanidine groups is 1. The molecular formula is C20H35IN4O. The van der Waals surface area contributed by atoms with Crippen molar-refractivity contribution in [2.24, 2.45) is 10.9 Å². The van der Waals surface area contributed by atoms with Gasteiger partial charge in [0, 0.05) is 31.2 Å². The van der Waals surface area contributed by atoms with Gasteiger partial charge in [-0.05, 0) is 65.3 Å². The Morgan fingerprint density at radius 2 is 1.96 bits per heavy atom. The minimum Gasteiger partial charge on any atom is -0.493 e. The second kappa shape index (κ2) is 10.3. The Bertz CT molecular complexity index is 597. The largest absolute Gasteiger partial charge is 0.493 e. The van der Waals surface area contributed by atoms with E-state index in [4.69, 9.17) is 4.74 Å². The highest BCUT2D eigenvalue weighted by molar-refractivity contribution is 14.0. The molecule has 1 aliphatic rings. The molecule has 2 rings (SSSR count). The number of benzene rings is 1. The lowest BCUT2D eigenvalue weighted by atomic mass is 10.0. The lowest BCUT2D eigenvalue weighted by Gasteiger charge is -2.33. The van der Waals surface area contributed by atoms with Crippen LogP contribution in [-0.4, -0.2) is 50.7 Å². The zero-order chi connectivity index (χ0) is 18.4. The molecule has 0 unspecified atom stereocenters. The maximum Gasteiger partial charge on any atom is 0.191 e. The quantitative estimate of drug-likeness (QED) is 0.345. The van der Waals surface area contributed by atoms with Crippen molar-refractivity contribution in [3.63, 3.8) is 0 Å². The zero-order valence-corrected chi connectivity index (χ0v) is 19.4. The Hall–Kier alpha value is -1.02. The van der Waals surface area contributed by atoms with Crippen molar-refractivity contribution in [1.29, 1.82) is 0 Å². The number of nitrogens with zero attached hydrogens (tertiary/aromatic N) is 2. The second-order valence-corrected chi connectivity index (χ2v) is 7.85. The van der Waals surface area contributed by atoms with Crippen LogP contribution in [0.25, 0.3) is 0 Å². The molecule has 0 saturated heterocycles. The number of rotatable bonds is 8. The Kier molecular flexibility index (Phi) is 9.16. The predicted molar refractivity (Wildman–Crippen MR) is 121 cm³/mol. The van der Waals surface area contributed by atoms with Crippen LogP contribution in [0.3, 0.4) is 0 Å². The van der Waals surface area contributed by atoms with Gasteiger partial charge in [0.15, 0.2) is 5.96 Å². The monoisotopic (exact) mass is 474 g/mol. The second-order valence-electron chi connectivity index (χ2n) is 7.85. The minimum atomic E-state index is 0. The lowest BCUT2D eigenvalue weighted by Crippen LogP contribution is -2.50. The number of halogens is 1. The Labute approximate surface area is 176 Å².